The van der Waals surface area contributed by atoms with E-state index in [-0.39, 0.29) is 12.6 Å². The first-order chi connectivity index (χ1) is 6.91. The summed E-state index contributed by atoms with van der Waals surface area (Å²) < 4.78 is 23.7. The number of halogens is 1. The standard InChI is InChI=1S/C9H13ClN2O2S/c1-8(2)12(15(10,13)14)7-9-5-3-4-6-11-9/h3-6,8H,7H2,1-2H3. The third-order valence-corrected chi connectivity index (χ3v) is 3.54. The van der Waals surface area contributed by atoms with Gasteiger partial charge in [-0.05, 0) is 26.0 Å². The van der Waals surface area contributed by atoms with Crippen molar-refractivity contribution in [2.24, 2.45) is 0 Å². The van der Waals surface area contributed by atoms with E-state index in [0.29, 0.717) is 5.69 Å². The van der Waals surface area contributed by atoms with E-state index in [0.717, 1.165) is 0 Å². The molecule has 6 heteroatoms. The smallest absolute Gasteiger partial charge is 0.260 e. The van der Waals surface area contributed by atoms with Crippen molar-refractivity contribution in [1.29, 1.82) is 0 Å². The summed E-state index contributed by atoms with van der Waals surface area (Å²) in [5, 5.41) is 0. The quantitative estimate of drug-likeness (QED) is 0.764. The number of pyridine rings is 1. The summed E-state index contributed by atoms with van der Waals surface area (Å²) >= 11 is 0. The number of hydrogen-bond acceptors (Lipinski definition) is 3. The average Bonchev–Trinajstić information content (AvgIpc) is 2.13. The zero-order valence-electron chi connectivity index (χ0n) is 8.59. The molecule has 0 aromatic carbocycles. The van der Waals surface area contributed by atoms with Gasteiger partial charge >= 0.3 is 0 Å². The predicted octanol–water partition coefficient (Wildman–Crippen LogP) is 1.78. The minimum absolute atomic E-state index is 0.186. The maximum absolute atomic E-state index is 11.2. The van der Waals surface area contributed by atoms with Gasteiger partial charge in [0.2, 0.25) is 0 Å². The van der Waals surface area contributed by atoms with Crippen molar-refractivity contribution >= 4 is 19.9 Å². The fraction of sp³-hybridized carbons (Fsp3) is 0.444. The molecule has 0 aliphatic carbocycles. The van der Waals surface area contributed by atoms with Crippen LogP contribution in [-0.4, -0.2) is 23.7 Å². The van der Waals surface area contributed by atoms with Crippen LogP contribution >= 0.6 is 10.7 Å². The number of rotatable bonds is 4. The maximum Gasteiger partial charge on any atom is 0.300 e. The monoisotopic (exact) mass is 248 g/mol. The van der Waals surface area contributed by atoms with Gasteiger partial charge in [0.05, 0.1) is 12.2 Å². The van der Waals surface area contributed by atoms with Gasteiger partial charge in [-0.2, -0.15) is 12.7 Å². The van der Waals surface area contributed by atoms with E-state index in [9.17, 15) is 8.42 Å². The fourth-order valence-electron chi connectivity index (χ4n) is 1.16. The van der Waals surface area contributed by atoms with Gasteiger partial charge in [0.1, 0.15) is 0 Å². The molecule has 0 amide bonds. The second kappa shape index (κ2) is 4.92. The Morgan fingerprint density at radius 3 is 2.53 bits per heavy atom. The van der Waals surface area contributed by atoms with Crippen molar-refractivity contribution in [3.8, 4) is 0 Å². The minimum atomic E-state index is -3.70. The zero-order chi connectivity index (χ0) is 11.5. The molecule has 0 spiro atoms. The largest absolute Gasteiger partial charge is 0.300 e. The first-order valence-corrected chi connectivity index (χ1v) is 6.79. The molecule has 0 aliphatic heterocycles. The Bertz CT molecular complexity index is 405. The molecule has 0 saturated heterocycles. The Balaban J connectivity index is 2.87. The van der Waals surface area contributed by atoms with E-state index in [1.165, 1.54) is 4.31 Å². The highest BCUT2D eigenvalue weighted by atomic mass is 35.7. The van der Waals surface area contributed by atoms with Crippen molar-refractivity contribution < 1.29 is 8.42 Å². The molecule has 0 radical (unpaired) electrons. The van der Waals surface area contributed by atoms with Crippen LogP contribution in [0.3, 0.4) is 0 Å². The fourth-order valence-corrected chi connectivity index (χ4v) is 2.58. The third-order valence-electron chi connectivity index (χ3n) is 1.90. The molecule has 0 bridgehead atoms. The summed E-state index contributed by atoms with van der Waals surface area (Å²) in [6.07, 6.45) is 1.62. The first-order valence-electron chi connectivity index (χ1n) is 4.52. The summed E-state index contributed by atoms with van der Waals surface area (Å²) in [7, 11) is 1.62. The summed E-state index contributed by atoms with van der Waals surface area (Å²) in [5.41, 5.74) is 0.676. The Kier molecular flexibility index (Phi) is 4.07. The molecule has 1 rings (SSSR count). The van der Waals surface area contributed by atoms with E-state index in [4.69, 9.17) is 10.7 Å². The lowest BCUT2D eigenvalue weighted by molar-refractivity contribution is 0.352. The molecule has 4 nitrogen and oxygen atoms in total. The van der Waals surface area contributed by atoms with Crippen LogP contribution in [0.25, 0.3) is 0 Å². The second-order valence-electron chi connectivity index (χ2n) is 3.40. The van der Waals surface area contributed by atoms with E-state index in [1.54, 1.807) is 32.2 Å². The highest BCUT2D eigenvalue weighted by molar-refractivity contribution is 8.11. The molecule has 0 aliphatic rings. The Labute approximate surface area is 94.4 Å². The Morgan fingerprint density at radius 1 is 1.47 bits per heavy atom. The molecule has 1 aromatic heterocycles. The van der Waals surface area contributed by atoms with Gasteiger partial charge in [-0.1, -0.05) is 6.07 Å². The molecule has 0 unspecified atom stereocenters. The van der Waals surface area contributed by atoms with Crippen LogP contribution in [0.1, 0.15) is 19.5 Å². The lowest BCUT2D eigenvalue weighted by Crippen LogP contribution is -2.33. The molecule has 84 valence electrons. The normalized spacial score (nSPS) is 12.3. The molecule has 0 saturated carbocycles. The molecule has 0 atom stereocenters. The van der Waals surface area contributed by atoms with Gasteiger partial charge < -0.3 is 0 Å². The summed E-state index contributed by atoms with van der Waals surface area (Å²) in [4.78, 5) is 4.05. The van der Waals surface area contributed by atoms with Crippen LogP contribution in [0.2, 0.25) is 0 Å². The van der Waals surface area contributed by atoms with Gasteiger partial charge in [0.25, 0.3) is 9.24 Å². The number of nitrogens with zero attached hydrogens (tertiary/aromatic N) is 2. The van der Waals surface area contributed by atoms with Crippen molar-refractivity contribution in [3.63, 3.8) is 0 Å². The molecule has 15 heavy (non-hydrogen) atoms. The maximum atomic E-state index is 11.2. The zero-order valence-corrected chi connectivity index (χ0v) is 10.2. The third kappa shape index (κ3) is 3.77. The molecule has 1 heterocycles. The van der Waals surface area contributed by atoms with Crippen LogP contribution in [0, 0.1) is 0 Å². The van der Waals surface area contributed by atoms with Crippen LogP contribution in [0.15, 0.2) is 24.4 Å². The lowest BCUT2D eigenvalue weighted by atomic mass is 10.3. The van der Waals surface area contributed by atoms with E-state index < -0.39 is 9.24 Å². The summed E-state index contributed by atoms with van der Waals surface area (Å²) in [5.74, 6) is 0. The van der Waals surface area contributed by atoms with Crippen LogP contribution in [0.5, 0.6) is 0 Å². The molecule has 0 fully saturated rings. The second-order valence-corrected chi connectivity index (χ2v) is 5.87. The highest BCUT2D eigenvalue weighted by Crippen LogP contribution is 2.14. The Morgan fingerprint density at radius 2 is 2.13 bits per heavy atom. The summed E-state index contributed by atoms with van der Waals surface area (Å²) in [6.45, 7) is 3.73. The van der Waals surface area contributed by atoms with Crippen molar-refractivity contribution in [1.82, 2.24) is 9.29 Å². The minimum Gasteiger partial charge on any atom is -0.260 e. The van der Waals surface area contributed by atoms with Gasteiger partial charge in [-0.15, -0.1) is 0 Å². The van der Waals surface area contributed by atoms with Crippen molar-refractivity contribution in [2.45, 2.75) is 26.4 Å². The van der Waals surface area contributed by atoms with Gasteiger partial charge in [-0.25, -0.2) is 0 Å². The SMILES string of the molecule is CC(C)N(Cc1ccccn1)S(=O)(=O)Cl. The van der Waals surface area contributed by atoms with Gasteiger partial charge in [-0.3, -0.25) is 4.98 Å². The highest BCUT2D eigenvalue weighted by Gasteiger charge is 2.22. The molecule has 0 N–H and O–H groups in total. The van der Waals surface area contributed by atoms with Gasteiger partial charge in [0, 0.05) is 22.9 Å². The molecular formula is C9H13ClN2O2S. The van der Waals surface area contributed by atoms with E-state index >= 15 is 0 Å². The van der Waals surface area contributed by atoms with Crippen molar-refractivity contribution in [2.75, 3.05) is 0 Å². The topological polar surface area (TPSA) is 50.3 Å². The predicted molar refractivity (Wildman–Crippen MR) is 59.7 cm³/mol. The number of hydrogen-bond donors (Lipinski definition) is 0. The van der Waals surface area contributed by atoms with Crippen LogP contribution in [0.4, 0.5) is 0 Å². The van der Waals surface area contributed by atoms with Crippen molar-refractivity contribution in [3.05, 3.63) is 30.1 Å². The number of aromatic nitrogens is 1. The van der Waals surface area contributed by atoms with E-state index in [1.807, 2.05) is 6.07 Å². The molecule has 1 aromatic rings. The van der Waals surface area contributed by atoms with Crippen LogP contribution < -0.4 is 0 Å². The van der Waals surface area contributed by atoms with Gasteiger partial charge in [0.15, 0.2) is 0 Å². The Hall–Kier alpha value is -0.650. The van der Waals surface area contributed by atoms with Crippen LogP contribution in [-0.2, 0) is 15.8 Å². The summed E-state index contributed by atoms with van der Waals surface area (Å²) in [6, 6.07) is 5.16. The average molecular weight is 249 g/mol. The first kappa shape index (κ1) is 12.4. The van der Waals surface area contributed by atoms with E-state index in [2.05, 4.69) is 4.98 Å². The lowest BCUT2D eigenvalue weighted by Gasteiger charge is -2.21. The molecular weight excluding hydrogens is 236 g/mol.